The highest BCUT2D eigenvalue weighted by molar-refractivity contribution is 5.89. The number of nitrogens with one attached hydrogen (secondary N) is 1. The van der Waals surface area contributed by atoms with Crippen molar-refractivity contribution in [3.05, 3.63) is 65.7 Å². The zero-order valence-corrected chi connectivity index (χ0v) is 16.2. The zero-order chi connectivity index (χ0) is 19.1. The van der Waals surface area contributed by atoms with Gasteiger partial charge in [-0.3, -0.25) is 4.90 Å². The number of carbonyl (C=O) groups is 1. The number of anilines is 1. The molecule has 1 saturated heterocycles. The quantitative estimate of drug-likeness (QED) is 0.809. The molecule has 1 heterocycles. The van der Waals surface area contributed by atoms with E-state index in [2.05, 4.69) is 40.5 Å². The normalized spacial score (nSPS) is 17.0. The van der Waals surface area contributed by atoms with Crippen LogP contribution in [0.25, 0.3) is 0 Å². The Balaban J connectivity index is 1.44. The molecule has 0 spiro atoms. The van der Waals surface area contributed by atoms with Crippen molar-refractivity contribution in [2.75, 3.05) is 39.1 Å². The molecule has 5 heteroatoms. The molecule has 0 unspecified atom stereocenters. The third-order valence-electron chi connectivity index (χ3n) is 5.01. The van der Waals surface area contributed by atoms with E-state index in [4.69, 9.17) is 4.74 Å². The van der Waals surface area contributed by atoms with E-state index in [1.54, 1.807) is 12.0 Å². The average Bonchev–Trinajstić information content (AvgIpc) is 3.11. The molecule has 144 valence electrons. The summed E-state index contributed by atoms with van der Waals surface area (Å²) < 4.78 is 5.11. The van der Waals surface area contributed by atoms with Crippen LogP contribution in [-0.2, 0) is 17.9 Å². The van der Waals surface area contributed by atoms with E-state index in [9.17, 15) is 4.79 Å². The maximum Gasteiger partial charge on any atom is 0.321 e. The van der Waals surface area contributed by atoms with Gasteiger partial charge in [-0.05, 0) is 42.1 Å². The van der Waals surface area contributed by atoms with Gasteiger partial charge in [0, 0.05) is 39.5 Å². The van der Waals surface area contributed by atoms with Crippen LogP contribution in [0.2, 0.25) is 0 Å². The second kappa shape index (κ2) is 9.53. The Labute approximate surface area is 161 Å². The number of likely N-dealkylation sites (tertiary alicyclic amines) is 1. The maximum atomic E-state index is 12.5. The number of carbonyl (C=O) groups excluding carboxylic acids is 1. The summed E-state index contributed by atoms with van der Waals surface area (Å²) in [4.78, 5) is 16.7. The zero-order valence-electron chi connectivity index (χ0n) is 16.2. The van der Waals surface area contributed by atoms with Gasteiger partial charge in [-0.2, -0.15) is 0 Å². The van der Waals surface area contributed by atoms with Crippen LogP contribution in [0.4, 0.5) is 10.5 Å². The number of nitrogens with zero attached hydrogens (tertiary/aromatic N) is 2. The van der Waals surface area contributed by atoms with Crippen molar-refractivity contribution in [2.45, 2.75) is 19.6 Å². The van der Waals surface area contributed by atoms with Gasteiger partial charge in [0.05, 0.1) is 6.61 Å². The molecule has 1 aliphatic heterocycles. The number of amides is 2. The second-order valence-electron chi connectivity index (χ2n) is 7.32. The lowest BCUT2D eigenvalue weighted by Gasteiger charge is -2.22. The Bertz CT molecular complexity index is 718. The third-order valence-corrected chi connectivity index (χ3v) is 5.01. The van der Waals surface area contributed by atoms with Crippen molar-refractivity contribution in [1.29, 1.82) is 0 Å². The molecular formula is C22H29N3O2. The lowest BCUT2D eigenvalue weighted by atomic mass is 10.1. The summed E-state index contributed by atoms with van der Waals surface area (Å²) in [5.41, 5.74) is 3.25. The minimum Gasteiger partial charge on any atom is -0.380 e. The molecule has 0 bridgehead atoms. The van der Waals surface area contributed by atoms with Gasteiger partial charge < -0.3 is 15.0 Å². The molecule has 2 aromatic carbocycles. The Hall–Kier alpha value is -2.37. The molecule has 0 radical (unpaired) electrons. The van der Waals surface area contributed by atoms with E-state index < -0.39 is 0 Å². The van der Waals surface area contributed by atoms with Gasteiger partial charge in [0.2, 0.25) is 0 Å². The molecule has 1 fully saturated rings. The Morgan fingerprint density at radius 1 is 1.15 bits per heavy atom. The molecule has 5 nitrogen and oxygen atoms in total. The monoisotopic (exact) mass is 367 g/mol. The number of hydrogen-bond donors (Lipinski definition) is 1. The van der Waals surface area contributed by atoms with Crippen molar-refractivity contribution < 1.29 is 9.53 Å². The smallest absolute Gasteiger partial charge is 0.321 e. The fraction of sp³-hybridized carbons (Fsp3) is 0.409. The second-order valence-corrected chi connectivity index (χ2v) is 7.32. The fourth-order valence-electron chi connectivity index (χ4n) is 3.59. The number of urea groups is 1. The molecule has 2 aromatic rings. The maximum absolute atomic E-state index is 12.5. The molecule has 1 atom stereocenters. The molecule has 1 N–H and O–H groups in total. The summed E-state index contributed by atoms with van der Waals surface area (Å²) in [6, 6.07) is 18.3. The van der Waals surface area contributed by atoms with E-state index in [0.29, 0.717) is 12.5 Å². The molecular weight excluding hydrogens is 338 g/mol. The van der Waals surface area contributed by atoms with E-state index in [1.165, 1.54) is 5.56 Å². The number of ether oxygens (including phenoxy) is 1. The van der Waals surface area contributed by atoms with Crippen LogP contribution in [0.3, 0.4) is 0 Å². The van der Waals surface area contributed by atoms with E-state index >= 15 is 0 Å². The lowest BCUT2D eigenvalue weighted by Crippen LogP contribution is -2.36. The molecule has 0 aliphatic carbocycles. The van der Waals surface area contributed by atoms with Crippen LogP contribution < -0.4 is 5.32 Å². The van der Waals surface area contributed by atoms with Crippen LogP contribution in [0.1, 0.15) is 17.5 Å². The highest BCUT2D eigenvalue weighted by Crippen LogP contribution is 2.20. The number of rotatable bonds is 7. The van der Waals surface area contributed by atoms with Gasteiger partial charge in [0.1, 0.15) is 0 Å². The van der Waals surface area contributed by atoms with Crippen LogP contribution in [0, 0.1) is 5.92 Å². The summed E-state index contributed by atoms with van der Waals surface area (Å²) in [6.45, 7) is 4.48. The highest BCUT2D eigenvalue weighted by atomic mass is 16.5. The Morgan fingerprint density at radius 2 is 1.89 bits per heavy atom. The van der Waals surface area contributed by atoms with Crippen molar-refractivity contribution >= 4 is 11.7 Å². The number of methoxy groups -OCH3 is 1. The van der Waals surface area contributed by atoms with Gasteiger partial charge in [-0.25, -0.2) is 4.79 Å². The number of hydrogen-bond acceptors (Lipinski definition) is 3. The van der Waals surface area contributed by atoms with Gasteiger partial charge in [-0.15, -0.1) is 0 Å². The van der Waals surface area contributed by atoms with Crippen molar-refractivity contribution in [1.82, 2.24) is 9.80 Å². The fourth-order valence-corrected chi connectivity index (χ4v) is 3.59. The SMILES string of the molecule is COCc1ccc(NC(=O)N(C)C[C@@H]2CCN(Cc3ccccc3)C2)cc1. The molecule has 2 amide bonds. The Morgan fingerprint density at radius 3 is 2.59 bits per heavy atom. The number of benzene rings is 2. The first-order valence-corrected chi connectivity index (χ1v) is 9.50. The first-order valence-electron chi connectivity index (χ1n) is 9.50. The predicted molar refractivity (Wildman–Crippen MR) is 109 cm³/mol. The van der Waals surface area contributed by atoms with E-state index in [1.807, 2.05) is 31.3 Å². The summed E-state index contributed by atoms with van der Waals surface area (Å²) in [5.74, 6) is 0.522. The van der Waals surface area contributed by atoms with Gasteiger partial charge in [0.15, 0.2) is 0 Å². The lowest BCUT2D eigenvalue weighted by molar-refractivity contribution is 0.185. The van der Waals surface area contributed by atoms with Crippen molar-refractivity contribution in [3.8, 4) is 0 Å². The van der Waals surface area contributed by atoms with Crippen molar-refractivity contribution in [3.63, 3.8) is 0 Å². The summed E-state index contributed by atoms with van der Waals surface area (Å²) in [7, 11) is 3.54. The molecule has 0 aromatic heterocycles. The van der Waals surface area contributed by atoms with Gasteiger partial charge >= 0.3 is 6.03 Å². The predicted octanol–water partition coefficient (Wildman–Crippen LogP) is 3.82. The van der Waals surface area contributed by atoms with Crippen LogP contribution in [0.5, 0.6) is 0 Å². The molecule has 1 aliphatic rings. The minimum absolute atomic E-state index is 0.0593. The van der Waals surface area contributed by atoms with Crippen LogP contribution >= 0.6 is 0 Å². The highest BCUT2D eigenvalue weighted by Gasteiger charge is 2.24. The standard InChI is InChI=1S/C22H29N3O2/c1-24(22(26)23-21-10-8-19(9-11-21)17-27-2)14-20-12-13-25(16-20)15-18-6-4-3-5-7-18/h3-11,20H,12-17H2,1-2H3,(H,23,26)/t20-/m0/s1. The molecule has 0 saturated carbocycles. The van der Waals surface area contributed by atoms with E-state index in [0.717, 1.165) is 43.9 Å². The minimum atomic E-state index is -0.0593. The molecule has 3 rings (SSSR count). The topological polar surface area (TPSA) is 44.8 Å². The van der Waals surface area contributed by atoms with Gasteiger partial charge in [-0.1, -0.05) is 42.5 Å². The van der Waals surface area contributed by atoms with Crippen LogP contribution in [0.15, 0.2) is 54.6 Å². The first-order chi connectivity index (χ1) is 13.1. The summed E-state index contributed by atoms with van der Waals surface area (Å²) >= 11 is 0. The summed E-state index contributed by atoms with van der Waals surface area (Å²) in [5, 5.41) is 2.97. The summed E-state index contributed by atoms with van der Waals surface area (Å²) in [6.07, 6.45) is 1.14. The van der Waals surface area contributed by atoms with Crippen molar-refractivity contribution in [2.24, 2.45) is 5.92 Å². The third kappa shape index (κ3) is 5.81. The van der Waals surface area contributed by atoms with Gasteiger partial charge in [0.25, 0.3) is 0 Å². The molecule has 27 heavy (non-hydrogen) atoms. The van der Waals surface area contributed by atoms with E-state index in [-0.39, 0.29) is 6.03 Å². The first kappa shape index (κ1) is 19.4. The average molecular weight is 367 g/mol. The van der Waals surface area contributed by atoms with Crippen LogP contribution in [-0.4, -0.2) is 49.6 Å². The largest absolute Gasteiger partial charge is 0.380 e. The Kier molecular flexibility index (Phi) is 6.85.